The van der Waals surface area contributed by atoms with Crippen LogP contribution in [0.5, 0.6) is 11.5 Å². The van der Waals surface area contributed by atoms with Gasteiger partial charge in [0.15, 0.2) is 0 Å². The van der Waals surface area contributed by atoms with Crippen molar-refractivity contribution >= 4 is 17.8 Å². The van der Waals surface area contributed by atoms with E-state index in [1.807, 2.05) is 0 Å². The maximum Gasteiger partial charge on any atom is 0.326 e. The van der Waals surface area contributed by atoms with E-state index in [2.05, 4.69) is 16.0 Å². The van der Waals surface area contributed by atoms with Crippen LogP contribution in [0.1, 0.15) is 30.9 Å². The molecule has 0 radical (unpaired) electrons. The Hall–Kier alpha value is -3.63. The summed E-state index contributed by atoms with van der Waals surface area (Å²) in [5.74, 6) is -2.17. The Labute approximate surface area is 216 Å². The predicted molar refractivity (Wildman–Crippen MR) is 139 cm³/mol. The molecule has 37 heavy (non-hydrogen) atoms. The SMILES string of the molecule is CCN1C(=O)[C@H](CCCNC)NC(=O)[C@@H](NC)Cc2cc(ccc2O)-c2ccc(O)c(c2)C[C@H]1C(=O)O. The zero-order valence-corrected chi connectivity index (χ0v) is 21.5. The third kappa shape index (κ3) is 6.58. The van der Waals surface area contributed by atoms with Crippen molar-refractivity contribution in [2.24, 2.45) is 0 Å². The third-order valence-electron chi connectivity index (χ3n) is 6.81. The smallest absolute Gasteiger partial charge is 0.326 e. The van der Waals surface area contributed by atoms with Crippen LogP contribution >= 0.6 is 0 Å². The number of likely N-dealkylation sites (N-methyl/N-ethyl adjacent to an activating group) is 2. The van der Waals surface area contributed by atoms with Gasteiger partial charge in [0.2, 0.25) is 11.8 Å². The van der Waals surface area contributed by atoms with Crippen molar-refractivity contribution in [2.45, 2.75) is 50.7 Å². The molecular weight excluding hydrogens is 476 g/mol. The number of hydrogen-bond donors (Lipinski definition) is 6. The summed E-state index contributed by atoms with van der Waals surface area (Å²) in [6.45, 7) is 2.42. The highest BCUT2D eigenvalue weighted by Crippen LogP contribution is 2.31. The zero-order valence-electron chi connectivity index (χ0n) is 21.5. The molecule has 0 saturated carbocycles. The Kier molecular flexibility index (Phi) is 9.48. The van der Waals surface area contributed by atoms with E-state index < -0.39 is 35.9 Å². The number of carbonyl (C=O) groups excluding carboxylic acids is 2. The number of carbonyl (C=O) groups is 3. The van der Waals surface area contributed by atoms with Gasteiger partial charge >= 0.3 is 5.97 Å². The maximum absolute atomic E-state index is 13.7. The van der Waals surface area contributed by atoms with Gasteiger partial charge in [-0.1, -0.05) is 12.1 Å². The average molecular weight is 513 g/mol. The molecule has 10 nitrogen and oxygen atoms in total. The molecule has 0 saturated heterocycles. The van der Waals surface area contributed by atoms with Crippen molar-refractivity contribution in [3.8, 4) is 22.6 Å². The number of rotatable bonds is 7. The minimum Gasteiger partial charge on any atom is -0.508 e. The lowest BCUT2D eigenvalue weighted by Gasteiger charge is -2.32. The first-order valence-corrected chi connectivity index (χ1v) is 12.5. The van der Waals surface area contributed by atoms with Crippen molar-refractivity contribution in [1.82, 2.24) is 20.9 Å². The van der Waals surface area contributed by atoms with Gasteiger partial charge in [-0.2, -0.15) is 0 Å². The second-order valence-electron chi connectivity index (χ2n) is 9.22. The second-order valence-corrected chi connectivity index (χ2v) is 9.22. The topological polar surface area (TPSA) is 151 Å². The van der Waals surface area contributed by atoms with Crippen molar-refractivity contribution in [3.05, 3.63) is 47.5 Å². The van der Waals surface area contributed by atoms with E-state index in [4.69, 9.17) is 0 Å². The molecule has 0 fully saturated rings. The molecule has 0 aromatic heterocycles. The molecule has 1 aliphatic heterocycles. The third-order valence-corrected chi connectivity index (χ3v) is 6.81. The van der Waals surface area contributed by atoms with Crippen LogP contribution < -0.4 is 16.0 Å². The summed E-state index contributed by atoms with van der Waals surface area (Å²) < 4.78 is 0. The van der Waals surface area contributed by atoms with Gasteiger partial charge in [-0.15, -0.1) is 0 Å². The molecule has 3 rings (SSSR count). The normalized spacial score (nSPS) is 20.6. The van der Waals surface area contributed by atoms with Gasteiger partial charge in [0, 0.05) is 19.4 Å². The molecule has 6 N–H and O–H groups in total. The van der Waals surface area contributed by atoms with Crippen LogP contribution in [0.25, 0.3) is 11.1 Å². The summed E-state index contributed by atoms with van der Waals surface area (Å²) >= 11 is 0. The van der Waals surface area contributed by atoms with Crippen LogP contribution in [0.3, 0.4) is 0 Å². The monoisotopic (exact) mass is 512 g/mol. The van der Waals surface area contributed by atoms with Gasteiger partial charge < -0.3 is 36.2 Å². The molecule has 2 aromatic rings. The number of carboxylic acid groups (broad SMARTS) is 1. The van der Waals surface area contributed by atoms with Crippen LogP contribution in [0.15, 0.2) is 36.4 Å². The standard InChI is InChI=1S/C27H36N4O6/c1-4-31-22(27(36)37)15-19-13-17(8-10-24(19)33)16-7-9-23(32)18(12-16)14-21(29-3)25(34)30-20(26(31)35)6-5-11-28-2/h7-10,12-13,20-22,28-29,32-33H,4-6,11,14-15H2,1-3H3,(H,30,34)(H,36,37)/t20-,21-,22-/m0/s1. The largest absolute Gasteiger partial charge is 0.508 e. The first kappa shape index (κ1) is 27.9. The van der Waals surface area contributed by atoms with Gasteiger partial charge in [0.25, 0.3) is 0 Å². The fourth-order valence-electron chi connectivity index (χ4n) is 4.68. The number of aliphatic carboxylic acids is 1. The first-order valence-electron chi connectivity index (χ1n) is 12.5. The van der Waals surface area contributed by atoms with Crippen molar-refractivity contribution in [1.29, 1.82) is 0 Å². The molecule has 1 aliphatic rings. The number of amides is 2. The molecule has 200 valence electrons. The second kappa shape index (κ2) is 12.6. The quantitative estimate of drug-likeness (QED) is 0.303. The molecule has 3 atom stereocenters. The van der Waals surface area contributed by atoms with Gasteiger partial charge in [-0.05, 0) is 86.9 Å². The highest BCUT2D eigenvalue weighted by atomic mass is 16.4. The Morgan fingerprint density at radius 3 is 2.14 bits per heavy atom. The minimum atomic E-state index is -1.25. The predicted octanol–water partition coefficient (Wildman–Crippen LogP) is 1.24. The lowest BCUT2D eigenvalue weighted by atomic mass is 9.95. The van der Waals surface area contributed by atoms with Gasteiger partial charge in [-0.25, -0.2) is 4.79 Å². The Balaban J connectivity index is 2.16. The van der Waals surface area contributed by atoms with E-state index >= 15 is 0 Å². The summed E-state index contributed by atoms with van der Waals surface area (Å²) in [6.07, 6.45) is 0.944. The molecule has 10 heteroatoms. The lowest BCUT2D eigenvalue weighted by Crippen LogP contribution is -2.57. The van der Waals surface area contributed by atoms with E-state index in [1.165, 1.54) is 11.0 Å². The van der Waals surface area contributed by atoms with Crippen LogP contribution in [-0.2, 0) is 27.2 Å². The fourth-order valence-corrected chi connectivity index (χ4v) is 4.68. The fraction of sp³-hybridized carbons (Fsp3) is 0.444. The average Bonchev–Trinajstić information content (AvgIpc) is 2.87. The summed E-state index contributed by atoms with van der Waals surface area (Å²) in [4.78, 5) is 40.6. The number of phenols is 2. The van der Waals surface area contributed by atoms with E-state index in [1.54, 1.807) is 51.4 Å². The molecule has 1 heterocycles. The molecular formula is C27H36N4O6. The summed E-state index contributed by atoms with van der Waals surface area (Å²) in [6, 6.07) is 6.99. The number of nitrogens with zero attached hydrogens (tertiary/aromatic N) is 1. The van der Waals surface area contributed by atoms with Crippen LogP contribution in [-0.4, -0.2) is 83.3 Å². The molecule has 2 aromatic carbocycles. The van der Waals surface area contributed by atoms with Gasteiger partial charge in [0.1, 0.15) is 23.6 Å². The van der Waals surface area contributed by atoms with E-state index in [0.717, 1.165) is 5.56 Å². The van der Waals surface area contributed by atoms with Crippen molar-refractivity contribution < 1.29 is 29.7 Å². The van der Waals surface area contributed by atoms with Crippen LogP contribution in [0.4, 0.5) is 0 Å². The highest BCUT2D eigenvalue weighted by molar-refractivity contribution is 5.92. The summed E-state index contributed by atoms with van der Waals surface area (Å²) in [5, 5.41) is 40.0. The number of hydrogen-bond acceptors (Lipinski definition) is 7. The number of fused-ring (bicyclic) bond motifs is 5. The zero-order chi connectivity index (χ0) is 27.1. The number of benzene rings is 2. The van der Waals surface area contributed by atoms with Crippen molar-refractivity contribution in [2.75, 3.05) is 27.2 Å². The molecule has 0 spiro atoms. The van der Waals surface area contributed by atoms with E-state index in [-0.39, 0.29) is 30.9 Å². The Morgan fingerprint density at radius 1 is 1.03 bits per heavy atom. The van der Waals surface area contributed by atoms with Crippen molar-refractivity contribution in [3.63, 3.8) is 0 Å². The van der Waals surface area contributed by atoms with Gasteiger partial charge in [-0.3, -0.25) is 9.59 Å². The Bertz CT molecular complexity index is 1140. The summed E-state index contributed by atoms with van der Waals surface area (Å²) in [5.41, 5.74) is 2.36. The number of nitrogens with one attached hydrogen (secondary N) is 3. The molecule has 0 unspecified atom stereocenters. The molecule has 4 bridgehead atoms. The Morgan fingerprint density at radius 2 is 1.62 bits per heavy atom. The van der Waals surface area contributed by atoms with Crippen LogP contribution in [0.2, 0.25) is 0 Å². The maximum atomic E-state index is 13.7. The number of phenolic OH excluding ortho intramolecular Hbond substituents is 2. The molecule has 0 aliphatic carbocycles. The highest BCUT2D eigenvalue weighted by Gasteiger charge is 2.35. The summed E-state index contributed by atoms with van der Waals surface area (Å²) in [7, 11) is 3.41. The van der Waals surface area contributed by atoms with E-state index in [9.17, 15) is 29.7 Å². The van der Waals surface area contributed by atoms with E-state index in [0.29, 0.717) is 36.1 Å². The number of aromatic hydroxyl groups is 2. The molecule has 2 amide bonds. The van der Waals surface area contributed by atoms with Crippen LogP contribution in [0, 0.1) is 0 Å². The number of carboxylic acids is 1. The lowest BCUT2D eigenvalue weighted by molar-refractivity contribution is -0.151. The minimum absolute atomic E-state index is 0.0323. The first-order chi connectivity index (χ1) is 17.7. The van der Waals surface area contributed by atoms with Gasteiger partial charge in [0.05, 0.1) is 6.04 Å².